The van der Waals surface area contributed by atoms with Gasteiger partial charge in [-0.05, 0) is 32.6 Å². The van der Waals surface area contributed by atoms with E-state index in [9.17, 15) is 0 Å². The van der Waals surface area contributed by atoms with Crippen LogP contribution in [0.15, 0.2) is 6.33 Å². The van der Waals surface area contributed by atoms with E-state index in [1.165, 1.54) is 12.8 Å². The first kappa shape index (κ1) is 13.5. The number of nitrogens with two attached hydrogens (primary N) is 1. The molecule has 1 fully saturated rings. The van der Waals surface area contributed by atoms with Crippen molar-refractivity contribution in [2.75, 3.05) is 6.61 Å². The molecule has 18 heavy (non-hydrogen) atoms. The van der Waals surface area contributed by atoms with Crippen molar-refractivity contribution in [2.45, 2.75) is 57.7 Å². The molecule has 0 aliphatic carbocycles. The summed E-state index contributed by atoms with van der Waals surface area (Å²) in [6, 6.07) is 0.240. The van der Waals surface area contributed by atoms with Gasteiger partial charge in [0.15, 0.2) is 0 Å². The molecule has 1 aliphatic rings. The fourth-order valence-corrected chi connectivity index (χ4v) is 2.43. The van der Waals surface area contributed by atoms with Crippen LogP contribution in [0.5, 0.6) is 0 Å². The van der Waals surface area contributed by atoms with Crippen LogP contribution >= 0.6 is 0 Å². The number of nitrogens with zero attached hydrogens (tertiary/aromatic N) is 3. The molecule has 1 aromatic heterocycles. The molecule has 1 aromatic rings. The van der Waals surface area contributed by atoms with Gasteiger partial charge in [0.1, 0.15) is 12.2 Å². The summed E-state index contributed by atoms with van der Waals surface area (Å²) in [6.45, 7) is 3.82. The highest BCUT2D eigenvalue weighted by atomic mass is 16.5. The van der Waals surface area contributed by atoms with Crippen LogP contribution in [0, 0.1) is 0 Å². The molecule has 0 aromatic carbocycles. The lowest BCUT2D eigenvalue weighted by molar-refractivity contribution is 0.0995. The summed E-state index contributed by atoms with van der Waals surface area (Å²) in [5.74, 6) is 6.61. The van der Waals surface area contributed by atoms with Gasteiger partial charge in [0, 0.05) is 25.6 Å². The van der Waals surface area contributed by atoms with E-state index in [0.717, 1.165) is 38.2 Å². The Bertz CT molecular complexity index is 348. The third kappa shape index (κ3) is 3.51. The van der Waals surface area contributed by atoms with Crippen molar-refractivity contribution < 1.29 is 4.74 Å². The minimum Gasteiger partial charge on any atom is -0.378 e. The number of hydrogen-bond donors (Lipinski definition) is 2. The predicted molar refractivity (Wildman–Crippen MR) is 68.7 cm³/mol. The summed E-state index contributed by atoms with van der Waals surface area (Å²) in [4.78, 5) is 4.28. The van der Waals surface area contributed by atoms with E-state index in [2.05, 4.69) is 22.4 Å². The molecule has 2 heterocycles. The van der Waals surface area contributed by atoms with Crippen LogP contribution in [0.4, 0.5) is 0 Å². The molecule has 0 amide bonds. The molecule has 2 atom stereocenters. The smallest absolute Gasteiger partial charge is 0.138 e. The van der Waals surface area contributed by atoms with Gasteiger partial charge in [0.2, 0.25) is 0 Å². The van der Waals surface area contributed by atoms with E-state index >= 15 is 0 Å². The van der Waals surface area contributed by atoms with Gasteiger partial charge in [0.25, 0.3) is 0 Å². The summed E-state index contributed by atoms with van der Waals surface area (Å²) in [6.07, 6.45) is 7.29. The number of aryl methyl sites for hydroxylation is 1. The number of aromatic nitrogens is 3. The van der Waals surface area contributed by atoms with Crippen molar-refractivity contribution in [1.82, 2.24) is 20.2 Å². The fourth-order valence-electron chi connectivity index (χ4n) is 2.43. The standard InChI is InChI=1S/C12H23N5O/c1-2-17-12(14-9-15-17)8-10(16-13)5-6-11-4-3-7-18-11/h9-11,16H,2-8,13H2,1H3. The molecule has 0 saturated carbocycles. The molecule has 0 radical (unpaired) electrons. The molecule has 6 nitrogen and oxygen atoms in total. The van der Waals surface area contributed by atoms with Gasteiger partial charge in [0.05, 0.1) is 6.10 Å². The van der Waals surface area contributed by atoms with Crippen LogP contribution in [0.25, 0.3) is 0 Å². The van der Waals surface area contributed by atoms with Crippen molar-refractivity contribution in [1.29, 1.82) is 0 Å². The van der Waals surface area contributed by atoms with E-state index in [4.69, 9.17) is 10.6 Å². The quantitative estimate of drug-likeness (QED) is 0.550. The molecular formula is C12H23N5O. The van der Waals surface area contributed by atoms with Crippen LogP contribution in [0.1, 0.15) is 38.4 Å². The van der Waals surface area contributed by atoms with Crippen LogP contribution < -0.4 is 11.3 Å². The molecule has 0 spiro atoms. The molecular weight excluding hydrogens is 230 g/mol. The van der Waals surface area contributed by atoms with Gasteiger partial charge in [-0.2, -0.15) is 5.10 Å². The molecule has 0 bridgehead atoms. The zero-order chi connectivity index (χ0) is 12.8. The van der Waals surface area contributed by atoms with Gasteiger partial charge in [-0.1, -0.05) is 0 Å². The second-order valence-corrected chi connectivity index (χ2v) is 4.77. The Hall–Kier alpha value is -0.980. The number of nitrogens with one attached hydrogen (secondary N) is 1. The zero-order valence-electron chi connectivity index (χ0n) is 11.0. The SMILES string of the molecule is CCn1ncnc1CC(CCC1CCCO1)NN. The minimum absolute atomic E-state index is 0.240. The Balaban J connectivity index is 1.81. The van der Waals surface area contributed by atoms with E-state index in [0.29, 0.717) is 6.10 Å². The average molecular weight is 253 g/mol. The predicted octanol–water partition coefficient (Wildman–Crippen LogP) is 0.632. The first-order valence-corrected chi connectivity index (χ1v) is 6.78. The molecule has 1 aliphatic heterocycles. The van der Waals surface area contributed by atoms with Gasteiger partial charge in [-0.15, -0.1) is 0 Å². The monoisotopic (exact) mass is 253 g/mol. The molecule has 2 rings (SSSR count). The lowest BCUT2D eigenvalue weighted by Gasteiger charge is -2.17. The van der Waals surface area contributed by atoms with Gasteiger partial charge >= 0.3 is 0 Å². The maximum Gasteiger partial charge on any atom is 0.138 e. The average Bonchev–Trinajstić information content (AvgIpc) is 3.05. The highest BCUT2D eigenvalue weighted by molar-refractivity contribution is 4.89. The fraction of sp³-hybridized carbons (Fsp3) is 0.833. The molecule has 2 unspecified atom stereocenters. The van der Waals surface area contributed by atoms with E-state index in [1.807, 2.05) is 4.68 Å². The van der Waals surface area contributed by atoms with Gasteiger partial charge in [-0.3, -0.25) is 16.0 Å². The summed E-state index contributed by atoms with van der Waals surface area (Å²) >= 11 is 0. The first-order valence-electron chi connectivity index (χ1n) is 6.78. The topological polar surface area (TPSA) is 78.0 Å². The summed E-state index contributed by atoms with van der Waals surface area (Å²) in [7, 11) is 0. The van der Waals surface area contributed by atoms with Crippen molar-refractivity contribution in [3.05, 3.63) is 12.2 Å². The lowest BCUT2D eigenvalue weighted by Crippen LogP contribution is -2.38. The highest BCUT2D eigenvalue weighted by Gasteiger charge is 2.18. The van der Waals surface area contributed by atoms with Crippen LogP contribution in [-0.2, 0) is 17.7 Å². The summed E-state index contributed by atoms with van der Waals surface area (Å²) in [5, 5.41) is 4.17. The Morgan fingerprint density at radius 1 is 1.67 bits per heavy atom. The number of ether oxygens (including phenoxy) is 1. The Labute approximate surface area is 108 Å². The molecule has 102 valence electrons. The van der Waals surface area contributed by atoms with Gasteiger partial charge in [-0.25, -0.2) is 4.98 Å². The van der Waals surface area contributed by atoms with Crippen molar-refractivity contribution in [2.24, 2.45) is 5.84 Å². The maximum atomic E-state index is 5.63. The third-order valence-electron chi connectivity index (χ3n) is 3.52. The zero-order valence-corrected chi connectivity index (χ0v) is 11.0. The number of rotatable bonds is 7. The van der Waals surface area contributed by atoms with E-state index in [1.54, 1.807) is 6.33 Å². The Morgan fingerprint density at radius 2 is 2.56 bits per heavy atom. The summed E-state index contributed by atoms with van der Waals surface area (Å²) in [5.41, 5.74) is 2.88. The second kappa shape index (κ2) is 6.82. The van der Waals surface area contributed by atoms with Crippen LogP contribution in [-0.4, -0.2) is 33.5 Å². The Morgan fingerprint density at radius 3 is 3.22 bits per heavy atom. The van der Waals surface area contributed by atoms with E-state index < -0.39 is 0 Å². The number of hydrazine groups is 1. The minimum atomic E-state index is 0.240. The molecule has 1 saturated heterocycles. The molecule has 6 heteroatoms. The Kier molecular flexibility index (Phi) is 5.10. The van der Waals surface area contributed by atoms with E-state index in [-0.39, 0.29) is 6.04 Å². The van der Waals surface area contributed by atoms with Crippen LogP contribution in [0.3, 0.4) is 0 Å². The number of hydrogen-bond acceptors (Lipinski definition) is 5. The van der Waals surface area contributed by atoms with Crippen molar-refractivity contribution in [3.8, 4) is 0 Å². The molecule has 3 N–H and O–H groups in total. The van der Waals surface area contributed by atoms with Crippen molar-refractivity contribution >= 4 is 0 Å². The lowest BCUT2D eigenvalue weighted by atomic mass is 10.0. The third-order valence-corrected chi connectivity index (χ3v) is 3.52. The van der Waals surface area contributed by atoms with Crippen LogP contribution in [0.2, 0.25) is 0 Å². The van der Waals surface area contributed by atoms with Crippen molar-refractivity contribution in [3.63, 3.8) is 0 Å². The highest BCUT2D eigenvalue weighted by Crippen LogP contribution is 2.18. The van der Waals surface area contributed by atoms with Gasteiger partial charge < -0.3 is 4.74 Å². The first-order chi connectivity index (χ1) is 8.83. The normalized spacial score (nSPS) is 21.3. The summed E-state index contributed by atoms with van der Waals surface area (Å²) < 4.78 is 7.54. The second-order valence-electron chi connectivity index (χ2n) is 4.77. The maximum absolute atomic E-state index is 5.63. The largest absolute Gasteiger partial charge is 0.378 e.